The number of imidazole rings is 1. The summed E-state index contributed by atoms with van der Waals surface area (Å²) in [6.07, 6.45) is 0.498. The minimum Gasteiger partial charge on any atom is -0.368 e. The molecule has 0 saturated heterocycles. The number of alkyl halides is 1. The van der Waals surface area contributed by atoms with Crippen molar-refractivity contribution in [1.82, 2.24) is 9.55 Å². The predicted octanol–water partition coefficient (Wildman–Crippen LogP) is 1.91. The van der Waals surface area contributed by atoms with E-state index in [2.05, 4.69) is 11.1 Å². The second kappa shape index (κ2) is 5.14. The van der Waals surface area contributed by atoms with Gasteiger partial charge in [-0.1, -0.05) is 6.07 Å². The number of amides is 1. The fourth-order valence-electron chi connectivity index (χ4n) is 2.22. The van der Waals surface area contributed by atoms with Crippen LogP contribution in [0.3, 0.4) is 0 Å². The fraction of sp³-hybridized carbons (Fsp3) is 0.357. The number of aromatic nitrogens is 2. The molecule has 1 amide bonds. The number of primary amides is 1. The van der Waals surface area contributed by atoms with Crippen molar-refractivity contribution in [1.29, 1.82) is 5.26 Å². The monoisotopic (exact) mass is 290 g/mol. The molecule has 1 aromatic carbocycles. The maximum Gasteiger partial charge on any atom is 0.243 e. The summed E-state index contributed by atoms with van der Waals surface area (Å²) < 4.78 is 1.77. The summed E-state index contributed by atoms with van der Waals surface area (Å²) in [5.74, 6) is 0.566. The number of nitriles is 1. The minimum absolute atomic E-state index is 0.375. The molecule has 6 heteroatoms. The van der Waals surface area contributed by atoms with Crippen molar-refractivity contribution in [2.45, 2.75) is 25.8 Å². The molecule has 0 aliphatic rings. The highest BCUT2D eigenvalue weighted by atomic mass is 35.5. The Bertz CT molecular complexity index is 712. The van der Waals surface area contributed by atoms with Crippen LogP contribution in [0.25, 0.3) is 11.0 Å². The van der Waals surface area contributed by atoms with Gasteiger partial charge in [0.15, 0.2) is 0 Å². The van der Waals surface area contributed by atoms with Crippen molar-refractivity contribution in [3.63, 3.8) is 0 Å². The molecule has 5 nitrogen and oxygen atoms in total. The Kier molecular flexibility index (Phi) is 3.69. The number of nitrogens with two attached hydrogens (primary N) is 1. The molecule has 0 aliphatic heterocycles. The van der Waals surface area contributed by atoms with Gasteiger partial charge < -0.3 is 10.3 Å². The van der Waals surface area contributed by atoms with E-state index in [4.69, 9.17) is 22.6 Å². The number of halogens is 1. The zero-order valence-corrected chi connectivity index (χ0v) is 12.1. The molecule has 0 aliphatic carbocycles. The summed E-state index contributed by atoms with van der Waals surface area (Å²) in [6, 6.07) is 7.39. The highest BCUT2D eigenvalue weighted by Gasteiger charge is 2.31. The summed E-state index contributed by atoms with van der Waals surface area (Å²) in [6.45, 7) is 3.46. The summed E-state index contributed by atoms with van der Waals surface area (Å²) in [4.78, 5) is 16.2. The summed E-state index contributed by atoms with van der Waals surface area (Å²) in [7, 11) is 0. The van der Waals surface area contributed by atoms with Gasteiger partial charge in [0.1, 0.15) is 22.9 Å². The maximum absolute atomic E-state index is 11.7. The topological polar surface area (TPSA) is 84.7 Å². The van der Waals surface area contributed by atoms with Gasteiger partial charge in [0.05, 0.1) is 11.1 Å². The minimum atomic E-state index is -0.940. The molecule has 0 unspecified atom stereocenters. The smallest absolute Gasteiger partial charge is 0.243 e. The van der Waals surface area contributed by atoms with Crippen molar-refractivity contribution in [2.24, 2.45) is 5.73 Å². The molecule has 104 valence electrons. The second-order valence-corrected chi connectivity index (χ2v) is 5.39. The molecular formula is C14H15ClN4O. The Morgan fingerprint density at radius 2 is 2.25 bits per heavy atom. The van der Waals surface area contributed by atoms with Gasteiger partial charge in [-0.05, 0) is 26.0 Å². The van der Waals surface area contributed by atoms with Crippen molar-refractivity contribution in [3.8, 4) is 6.07 Å². The number of hydrogen-bond acceptors (Lipinski definition) is 3. The Hall–Kier alpha value is -2.06. The van der Waals surface area contributed by atoms with E-state index in [1.807, 2.05) is 6.07 Å². The quantitative estimate of drug-likeness (QED) is 0.873. The lowest BCUT2D eigenvalue weighted by Gasteiger charge is -2.25. The number of carbonyl (C=O) groups is 1. The molecule has 0 fully saturated rings. The van der Waals surface area contributed by atoms with E-state index in [-0.39, 0.29) is 0 Å². The van der Waals surface area contributed by atoms with Gasteiger partial charge in [0.25, 0.3) is 0 Å². The van der Waals surface area contributed by atoms with Gasteiger partial charge in [0.2, 0.25) is 5.91 Å². The number of fused-ring (bicyclic) bond motifs is 1. The van der Waals surface area contributed by atoms with Crippen LogP contribution in [0, 0.1) is 11.3 Å². The van der Waals surface area contributed by atoms with Gasteiger partial charge in [-0.3, -0.25) is 4.79 Å². The summed E-state index contributed by atoms with van der Waals surface area (Å²) >= 11 is 5.80. The van der Waals surface area contributed by atoms with Crippen LogP contribution in [-0.2, 0) is 16.8 Å². The van der Waals surface area contributed by atoms with Crippen LogP contribution in [0.2, 0.25) is 0 Å². The average Bonchev–Trinajstić information content (AvgIpc) is 2.77. The van der Waals surface area contributed by atoms with Crippen LogP contribution in [0.15, 0.2) is 18.2 Å². The Morgan fingerprint density at radius 1 is 1.55 bits per heavy atom. The molecule has 0 radical (unpaired) electrons. The lowest BCUT2D eigenvalue weighted by molar-refractivity contribution is -0.125. The van der Waals surface area contributed by atoms with Gasteiger partial charge in [-0.25, -0.2) is 4.98 Å². The number of rotatable bonds is 4. The lowest BCUT2D eigenvalue weighted by Crippen LogP contribution is -2.42. The molecule has 0 atom stereocenters. The molecule has 1 heterocycles. The first-order valence-corrected chi connectivity index (χ1v) is 6.73. The van der Waals surface area contributed by atoms with Crippen LogP contribution in [0.5, 0.6) is 0 Å². The number of benzene rings is 1. The molecular weight excluding hydrogens is 276 g/mol. The molecule has 0 spiro atoms. The van der Waals surface area contributed by atoms with E-state index in [1.165, 1.54) is 0 Å². The van der Waals surface area contributed by atoms with Gasteiger partial charge in [0, 0.05) is 12.3 Å². The van der Waals surface area contributed by atoms with Crippen LogP contribution in [-0.4, -0.2) is 21.3 Å². The van der Waals surface area contributed by atoms with Crippen molar-refractivity contribution < 1.29 is 4.79 Å². The first kappa shape index (κ1) is 14.4. The largest absolute Gasteiger partial charge is 0.368 e. The molecule has 20 heavy (non-hydrogen) atoms. The van der Waals surface area contributed by atoms with E-state index in [9.17, 15) is 4.79 Å². The van der Waals surface area contributed by atoms with Crippen molar-refractivity contribution in [3.05, 3.63) is 29.6 Å². The first-order chi connectivity index (χ1) is 9.43. The summed E-state index contributed by atoms with van der Waals surface area (Å²) in [5.41, 5.74) is 6.32. The normalized spacial score (nSPS) is 11.5. The molecule has 0 saturated carbocycles. The zero-order chi connectivity index (χ0) is 14.9. The summed E-state index contributed by atoms with van der Waals surface area (Å²) in [5, 5.41) is 9.16. The standard InChI is InChI=1S/C14H15ClN4O/c1-14(2,13(17)20)19-10-5-3-4-9(8-16)12(10)18-11(19)6-7-15/h3-5H,6-7H2,1-2H3,(H2,17,20). The molecule has 2 aromatic rings. The van der Waals surface area contributed by atoms with Crippen molar-refractivity contribution >= 4 is 28.5 Å². The van der Waals surface area contributed by atoms with Crippen LogP contribution in [0.4, 0.5) is 0 Å². The first-order valence-electron chi connectivity index (χ1n) is 6.20. The van der Waals surface area contributed by atoms with Crippen LogP contribution >= 0.6 is 11.6 Å². The Morgan fingerprint density at radius 3 is 2.80 bits per heavy atom. The third-order valence-electron chi connectivity index (χ3n) is 3.36. The van der Waals surface area contributed by atoms with Gasteiger partial charge in [-0.15, -0.1) is 11.6 Å². The van der Waals surface area contributed by atoms with E-state index in [0.29, 0.717) is 34.7 Å². The predicted molar refractivity (Wildman–Crippen MR) is 77.4 cm³/mol. The van der Waals surface area contributed by atoms with Crippen LogP contribution < -0.4 is 5.73 Å². The third kappa shape index (κ3) is 2.12. The molecule has 0 bridgehead atoms. The maximum atomic E-state index is 11.7. The van der Waals surface area contributed by atoms with Gasteiger partial charge in [-0.2, -0.15) is 5.26 Å². The Balaban J connectivity index is 2.84. The van der Waals surface area contributed by atoms with E-state index >= 15 is 0 Å². The van der Waals surface area contributed by atoms with E-state index in [0.717, 1.165) is 0 Å². The fourth-order valence-corrected chi connectivity index (χ4v) is 2.39. The number of hydrogen-bond donors (Lipinski definition) is 1. The third-order valence-corrected chi connectivity index (χ3v) is 3.54. The molecule has 2 N–H and O–H groups in total. The SMILES string of the molecule is CC(C)(C(N)=O)n1c(CCCl)nc2c(C#N)cccc21. The second-order valence-electron chi connectivity index (χ2n) is 5.01. The molecule has 2 rings (SSSR count). The zero-order valence-electron chi connectivity index (χ0n) is 11.4. The number of nitrogens with zero attached hydrogens (tertiary/aromatic N) is 3. The highest BCUT2D eigenvalue weighted by Crippen LogP contribution is 2.27. The number of para-hydroxylation sites is 1. The lowest BCUT2D eigenvalue weighted by atomic mass is 10.0. The van der Waals surface area contributed by atoms with E-state index < -0.39 is 11.4 Å². The molecule has 1 aromatic heterocycles. The van der Waals surface area contributed by atoms with Crippen LogP contribution in [0.1, 0.15) is 25.2 Å². The van der Waals surface area contributed by atoms with Crippen molar-refractivity contribution in [2.75, 3.05) is 5.88 Å². The van der Waals surface area contributed by atoms with E-state index in [1.54, 1.807) is 30.5 Å². The number of aryl methyl sites for hydroxylation is 1. The Labute approximate surface area is 122 Å². The average molecular weight is 291 g/mol. The van der Waals surface area contributed by atoms with Gasteiger partial charge >= 0.3 is 0 Å². The highest BCUT2D eigenvalue weighted by molar-refractivity contribution is 6.18. The number of carbonyl (C=O) groups excluding carboxylic acids is 1.